The van der Waals surface area contributed by atoms with Crippen LogP contribution in [0.3, 0.4) is 0 Å². The van der Waals surface area contributed by atoms with Crippen molar-refractivity contribution in [2.45, 2.75) is 24.7 Å². The van der Waals surface area contributed by atoms with E-state index in [2.05, 4.69) is 38.4 Å². The van der Waals surface area contributed by atoms with E-state index in [4.69, 9.17) is 5.73 Å². The number of benzene rings is 1. The van der Waals surface area contributed by atoms with Gasteiger partial charge in [-0.1, -0.05) is 34.1 Å². The molecule has 1 amide bonds. The summed E-state index contributed by atoms with van der Waals surface area (Å²) in [5.41, 5.74) is 7.36. The summed E-state index contributed by atoms with van der Waals surface area (Å²) in [6.07, 6.45) is 2.93. The SMILES string of the molecule is Cl.NCCc1nc(C(=O)NCC2(c3ccccc3Br)CC2)cs1. The van der Waals surface area contributed by atoms with Gasteiger partial charge in [-0.15, -0.1) is 23.7 Å². The first-order valence-corrected chi connectivity index (χ1v) is 8.99. The Hall–Kier alpha value is -0.950. The predicted molar refractivity (Wildman–Crippen MR) is 99.5 cm³/mol. The summed E-state index contributed by atoms with van der Waals surface area (Å²) >= 11 is 5.10. The molecule has 0 atom stereocenters. The van der Waals surface area contributed by atoms with Crippen LogP contribution in [0.2, 0.25) is 0 Å². The van der Waals surface area contributed by atoms with Crippen molar-refractivity contribution in [1.82, 2.24) is 10.3 Å². The van der Waals surface area contributed by atoms with Crippen LogP contribution in [0.5, 0.6) is 0 Å². The molecule has 2 aromatic rings. The molecule has 1 aromatic heterocycles. The normalized spacial score (nSPS) is 14.9. The van der Waals surface area contributed by atoms with Crippen molar-refractivity contribution in [3.8, 4) is 0 Å². The maximum absolute atomic E-state index is 12.2. The molecule has 0 saturated heterocycles. The van der Waals surface area contributed by atoms with Crippen LogP contribution in [0, 0.1) is 0 Å². The molecule has 1 fully saturated rings. The molecule has 1 aliphatic rings. The van der Waals surface area contributed by atoms with Crippen LogP contribution in [-0.2, 0) is 11.8 Å². The predicted octanol–water partition coefficient (Wildman–Crippen LogP) is 3.29. The smallest absolute Gasteiger partial charge is 0.270 e. The number of halogens is 2. The van der Waals surface area contributed by atoms with Crippen molar-refractivity contribution in [2.24, 2.45) is 5.73 Å². The van der Waals surface area contributed by atoms with Crippen molar-refractivity contribution in [1.29, 1.82) is 0 Å². The van der Waals surface area contributed by atoms with Gasteiger partial charge in [0.25, 0.3) is 5.91 Å². The number of aromatic nitrogens is 1. The molecule has 0 aliphatic heterocycles. The summed E-state index contributed by atoms with van der Waals surface area (Å²) in [6.45, 7) is 1.21. The molecule has 7 heteroatoms. The van der Waals surface area contributed by atoms with Crippen LogP contribution in [0.15, 0.2) is 34.1 Å². The zero-order valence-corrected chi connectivity index (χ0v) is 15.8. The molecule has 4 nitrogen and oxygen atoms in total. The average Bonchev–Trinajstić information content (AvgIpc) is 3.16. The number of carbonyl (C=O) groups excluding carboxylic acids is 1. The number of hydrogen-bond acceptors (Lipinski definition) is 4. The Morgan fingerprint density at radius 1 is 1.39 bits per heavy atom. The number of carbonyl (C=O) groups is 1. The molecule has 1 aromatic carbocycles. The molecule has 1 aliphatic carbocycles. The van der Waals surface area contributed by atoms with Crippen molar-refractivity contribution in [3.63, 3.8) is 0 Å². The highest BCUT2D eigenvalue weighted by molar-refractivity contribution is 9.10. The second kappa shape index (κ2) is 7.75. The van der Waals surface area contributed by atoms with Gasteiger partial charge < -0.3 is 11.1 Å². The first-order chi connectivity index (χ1) is 10.6. The fraction of sp³-hybridized carbons (Fsp3) is 0.375. The molecular weight excluding hydrogens is 398 g/mol. The van der Waals surface area contributed by atoms with Crippen molar-refractivity contribution >= 4 is 45.6 Å². The lowest BCUT2D eigenvalue weighted by Gasteiger charge is -2.17. The largest absolute Gasteiger partial charge is 0.350 e. The summed E-state index contributed by atoms with van der Waals surface area (Å²) < 4.78 is 1.11. The molecule has 0 spiro atoms. The van der Waals surface area contributed by atoms with Crippen LogP contribution >= 0.6 is 39.7 Å². The maximum Gasteiger partial charge on any atom is 0.270 e. The van der Waals surface area contributed by atoms with Gasteiger partial charge in [0.2, 0.25) is 0 Å². The minimum Gasteiger partial charge on any atom is -0.350 e. The Morgan fingerprint density at radius 2 is 2.13 bits per heavy atom. The zero-order valence-electron chi connectivity index (χ0n) is 12.5. The van der Waals surface area contributed by atoms with Crippen LogP contribution in [0.1, 0.15) is 33.9 Å². The number of nitrogens with two attached hydrogens (primary N) is 1. The lowest BCUT2D eigenvalue weighted by molar-refractivity contribution is 0.0945. The number of rotatable bonds is 6. The average molecular weight is 417 g/mol. The van der Waals surface area contributed by atoms with Gasteiger partial charge in [0.05, 0.1) is 5.01 Å². The highest BCUT2D eigenvalue weighted by Crippen LogP contribution is 2.49. The summed E-state index contributed by atoms with van der Waals surface area (Å²) in [5, 5.41) is 5.76. The molecule has 1 saturated carbocycles. The monoisotopic (exact) mass is 415 g/mol. The quantitative estimate of drug-likeness (QED) is 0.759. The van der Waals surface area contributed by atoms with Gasteiger partial charge in [-0.3, -0.25) is 4.79 Å². The van der Waals surface area contributed by atoms with Crippen molar-refractivity contribution < 1.29 is 4.79 Å². The fourth-order valence-corrected chi connectivity index (χ4v) is 4.08. The van der Waals surface area contributed by atoms with Gasteiger partial charge in [-0.05, 0) is 31.0 Å². The number of nitrogens with one attached hydrogen (secondary N) is 1. The Balaban J connectivity index is 0.00000192. The molecule has 0 unspecified atom stereocenters. The van der Waals surface area contributed by atoms with E-state index in [0.717, 1.165) is 28.7 Å². The van der Waals surface area contributed by atoms with Gasteiger partial charge >= 0.3 is 0 Å². The number of nitrogens with zero attached hydrogens (tertiary/aromatic N) is 1. The zero-order chi connectivity index (χ0) is 15.6. The Morgan fingerprint density at radius 3 is 2.78 bits per heavy atom. The molecule has 3 rings (SSSR count). The summed E-state index contributed by atoms with van der Waals surface area (Å²) in [4.78, 5) is 16.6. The topological polar surface area (TPSA) is 68.0 Å². The Bertz CT molecular complexity index is 687. The molecular formula is C16H19BrClN3OS. The number of hydrogen-bond donors (Lipinski definition) is 2. The molecule has 0 bridgehead atoms. The van der Waals surface area contributed by atoms with E-state index in [1.165, 1.54) is 16.9 Å². The van der Waals surface area contributed by atoms with E-state index in [0.29, 0.717) is 18.8 Å². The van der Waals surface area contributed by atoms with E-state index in [1.807, 2.05) is 12.1 Å². The number of thiazole rings is 1. The molecule has 1 heterocycles. The first-order valence-electron chi connectivity index (χ1n) is 7.32. The van der Waals surface area contributed by atoms with E-state index in [1.54, 1.807) is 5.38 Å². The van der Waals surface area contributed by atoms with Gasteiger partial charge in [0, 0.05) is 28.2 Å². The van der Waals surface area contributed by atoms with Crippen LogP contribution in [0.25, 0.3) is 0 Å². The van der Waals surface area contributed by atoms with Gasteiger partial charge in [-0.25, -0.2) is 4.98 Å². The standard InChI is InChI=1S/C16H18BrN3OS.ClH/c17-12-4-2-1-3-11(12)16(6-7-16)10-19-15(21)13-9-22-14(20-13)5-8-18;/h1-4,9H,5-8,10,18H2,(H,19,21);1H. The third-order valence-electron chi connectivity index (χ3n) is 4.03. The Labute approximate surface area is 154 Å². The first kappa shape index (κ1) is 18.4. The maximum atomic E-state index is 12.2. The van der Waals surface area contributed by atoms with E-state index < -0.39 is 0 Å². The fourth-order valence-electron chi connectivity index (χ4n) is 2.58. The molecule has 23 heavy (non-hydrogen) atoms. The summed E-state index contributed by atoms with van der Waals surface area (Å²) in [7, 11) is 0. The molecule has 0 radical (unpaired) electrons. The van der Waals surface area contributed by atoms with E-state index in [9.17, 15) is 4.79 Å². The van der Waals surface area contributed by atoms with Gasteiger partial charge in [0.15, 0.2) is 0 Å². The second-order valence-electron chi connectivity index (χ2n) is 5.61. The lowest BCUT2D eigenvalue weighted by Crippen LogP contribution is -2.32. The molecule has 3 N–H and O–H groups in total. The Kier molecular flexibility index (Phi) is 6.19. The van der Waals surface area contributed by atoms with Gasteiger partial charge in [-0.2, -0.15) is 0 Å². The number of amides is 1. The van der Waals surface area contributed by atoms with Gasteiger partial charge in [0.1, 0.15) is 5.69 Å². The van der Waals surface area contributed by atoms with E-state index in [-0.39, 0.29) is 23.7 Å². The van der Waals surface area contributed by atoms with E-state index >= 15 is 0 Å². The van der Waals surface area contributed by atoms with Crippen LogP contribution in [0.4, 0.5) is 0 Å². The van der Waals surface area contributed by atoms with Crippen LogP contribution < -0.4 is 11.1 Å². The minimum atomic E-state index is -0.0992. The highest BCUT2D eigenvalue weighted by Gasteiger charge is 2.45. The molecule has 124 valence electrons. The summed E-state index contributed by atoms with van der Waals surface area (Å²) in [5.74, 6) is -0.0992. The van der Waals surface area contributed by atoms with Crippen molar-refractivity contribution in [3.05, 3.63) is 50.4 Å². The van der Waals surface area contributed by atoms with Crippen LogP contribution in [-0.4, -0.2) is 24.0 Å². The minimum absolute atomic E-state index is 0. The van der Waals surface area contributed by atoms with Crippen molar-refractivity contribution in [2.75, 3.05) is 13.1 Å². The third kappa shape index (κ3) is 4.12. The second-order valence-corrected chi connectivity index (χ2v) is 7.41. The summed E-state index contributed by atoms with van der Waals surface area (Å²) in [6, 6.07) is 8.24. The lowest BCUT2D eigenvalue weighted by atomic mass is 9.96. The third-order valence-corrected chi connectivity index (χ3v) is 5.63. The highest BCUT2D eigenvalue weighted by atomic mass is 79.9.